The number of thioether (sulfide) groups is 1. The fourth-order valence-corrected chi connectivity index (χ4v) is 4.68. The lowest BCUT2D eigenvalue weighted by molar-refractivity contribution is -0.140. The number of Topliss-reactive ketones (excluding diaryl/α,β-unsaturated/α-hetero) is 1. The molecule has 37 heavy (non-hydrogen) atoms. The van der Waals surface area contributed by atoms with E-state index in [1.807, 2.05) is 6.07 Å². The fraction of sp³-hybridized carbons (Fsp3) is 0.333. The molecule has 0 radical (unpaired) electrons. The van der Waals surface area contributed by atoms with E-state index in [2.05, 4.69) is 0 Å². The number of nitriles is 1. The topological polar surface area (TPSA) is 40.9 Å². The first kappa shape index (κ1) is 31.3. The van der Waals surface area contributed by atoms with E-state index in [1.165, 1.54) is 11.8 Å². The standard InChI is InChI=1S/C24H17Cl3F7NOS/c1-12(11-37-5-4-35)6-21(36)15-3-2-13(7-17(15)24(32,33)34)20(28)10-16(23(29,30)31)14-8-18(25)22(27)19(26)9-14/h2-3,7-10,12,16H,5-6,11H2,1H3/b20-10-/t12-,16?/m0/s1. The van der Waals surface area contributed by atoms with Crippen molar-refractivity contribution in [1.29, 1.82) is 5.26 Å². The first-order valence-electron chi connectivity index (χ1n) is 10.3. The highest BCUT2D eigenvalue weighted by molar-refractivity contribution is 7.99. The van der Waals surface area contributed by atoms with Gasteiger partial charge in [0.15, 0.2) is 5.78 Å². The summed E-state index contributed by atoms with van der Waals surface area (Å²) in [6.07, 6.45) is -10.3. The molecular formula is C24H17Cl3F7NOS. The molecule has 0 saturated carbocycles. The highest BCUT2D eigenvalue weighted by atomic mass is 35.5. The Labute approximate surface area is 227 Å². The van der Waals surface area contributed by atoms with Gasteiger partial charge < -0.3 is 0 Å². The monoisotopic (exact) mass is 605 g/mol. The fourth-order valence-electron chi connectivity index (χ4n) is 3.34. The predicted molar refractivity (Wildman–Crippen MR) is 132 cm³/mol. The van der Waals surface area contributed by atoms with Crippen molar-refractivity contribution < 1.29 is 35.5 Å². The van der Waals surface area contributed by atoms with Crippen LogP contribution in [0.15, 0.2) is 36.4 Å². The van der Waals surface area contributed by atoms with Gasteiger partial charge >= 0.3 is 12.4 Å². The number of ketones is 1. The summed E-state index contributed by atoms with van der Waals surface area (Å²) in [5, 5.41) is 7.69. The third kappa shape index (κ3) is 8.54. The molecule has 0 amide bonds. The molecule has 2 aromatic carbocycles. The Balaban J connectivity index is 2.48. The van der Waals surface area contributed by atoms with Crippen molar-refractivity contribution in [2.24, 2.45) is 5.92 Å². The molecule has 0 fully saturated rings. The van der Waals surface area contributed by atoms with E-state index in [0.29, 0.717) is 11.8 Å². The van der Waals surface area contributed by atoms with Crippen LogP contribution in [0.4, 0.5) is 30.7 Å². The zero-order valence-corrected chi connectivity index (χ0v) is 21.9. The summed E-state index contributed by atoms with van der Waals surface area (Å²) >= 11 is 18.5. The molecule has 0 spiro atoms. The minimum atomic E-state index is -5.08. The molecule has 2 aromatic rings. The summed E-state index contributed by atoms with van der Waals surface area (Å²) < 4.78 is 97.4. The molecule has 13 heteroatoms. The summed E-state index contributed by atoms with van der Waals surface area (Å²) in [5.41, 5.74) is -3.59. The zero-order chi connectivity index (χ0) is 28.1. The van der Waals surface area contributed by atoms with E-state index in [9.17, 15) is 35.5 Å². The molecular weight excluding hydrogens is 590 g/mol. The Morgan fingerprint density at radius 1 is 1.08 bits per heavy atom. The van der Waals surface area contributed by atoms with Crippen LogP contribution in [0.25, 0.3) is 5.83 Å². The van der Waals surface area contributed by atoms with E-state index < -0.39 is 52.1 Å². The van der Waals surface area contributed by atoms with Crippen molar-refractivity contribution in [3.63, 3.8) is 0 Å². The molecule has 2 rings (SSSR count). The van der Waals surface area contributed by atoms with Crippen LogP contribution in [-0.4, -0.2) is 23.5 Å². The van der Waals surface area contributed by atoms with Gasteiger partial charge in [0.2, 0.25) is 0 Å². The summed E-state index contributed by atoms with van der Waals surface area (Å²) in [6, 6.07) is 5.39. The third-order valence-corrected chi connectivity index (χ3v) is 7.37. The highest BCUT2D eigenvalue weighted by Gasteiger charge is 2.41. The van der Waals surface area contributed by atoms with Gasteiger partial charge in [0.1, 0.15) is 11.7 Å². The van der Waals surface area contributed by atoms with Crippen molar-refractivity contribution in [1.82, 2.24) is 0 Å². The Kier molecular flexibility index (Phi) is 10.8. The normalized spacial score (nSPS) is 14.3. The van der Waals surface area contributed by atoms with Gasteiger partial charge in [-0.25, -0.2) is 4.39 Å². The van der Waals surface area contributed by atoms with Crippen LogP contribution in [-0.2, 0) is 6.18 Å². The smallest absolute Gasteiger partial charge is 0.294 e. The minimum Gasteiger partial charge on any atom is -0.294 e. The van der Waals surface area contributed by atoms with E-state index >= 15 is 0 Å². The molecule has 0 N–H and O–H groups in total. The van der Waals surface area contributed by atoms with Crippen molar-refractivity contribution in [2.45, 2.75) is 31.6 Å². The van der Waals surface area contributed by atoms with Crippen molar-refractivity contribution in [3.05, 3.63) is 73.7 Å². The molecule has 0 aromatic heterocycles. The van der Waals surface area contributed by atoms with Crippen molar-refractivity contribution in [3.8, 4) is 6.07 Å². The lowest BCUT2D eigenvalue weighted by Crippen LogP contribution is -2.19. The molecule has 0 aliphatic rings. The summed E-state index contributed by atoms with van der Waals surface area (Å²) in [4.78, 5) is 12.6. The quantitative estimate of drug-likeness (QED) is 0.123. The summed E-state index contributed by atoms with van der Waals surface area (Å²) in [6.45, 7) is 1.62. The number of alkyl halides is 6. The zero-order valence-electron chi connectivity index (χ0n) is 18.8. The summed E-state index contributed by atoms with van der Waals surface area (Å²) in [5.74, 6) is -4.92. The van der Waals surface area contributed by atoms with E-state index in [-0.39, 0.29) is 39.2 Å². The average molecular weight is 607 g/mol. The molecule has 0 saturated heterocycles. The third-order valence-electron chi connectivity index (χ3n) is 5.03. The lowest BCUT2D eigenvalue weighted by atomic mass is 9.93. The molecule has 0 heterocycles. The van der Waals surface area contributed by atoms with Crippen LogP contribution in [0.1, 0.15) is 46.3 Å². The number of hydrogen-bond donors (Lipinski definition) is 0. The number of carbonyl (C=O) groups is 1. The minimum absolute atomic E-state index is 0.0986. The molecule has 200 valence electrons. The number of nitrogens with zero attached hydrogens (tertiary/aromatic N) is 1. The first-order chi connectivity index (χ1) is 17.1. The second kappa shape index (κ2) is 12.7. The maximum absolute atomic E-state index is 15.0. The molecule has 0 aliphatic carbocycles. The van der Waals surface area contributed by atoms with Crippen molar-refractivity contribution >= 4 is 58.2 Å². The summed E-state index contributed by atoms with van der Waals surface area (Å²) in [7, 11) is 0. The van der Waals surface area contributed by atoms with Gasteiger partial charge in [-0.3, -0.25) is 4.79 Å². The number of allylic oxidation sites excluding steroid dienone is 1. The molecule has 1 unspecified atom stereocenters. The van der Waals surface area contributed by atoms with E-state index in [1.54, 1.807) is 6.92 Å². The van der Waals surface area contributed by atoms with Gasteiger partial charge in [-0.1, -0.05) is 53.9 Å². The van der Waals surface area contributed by atoms with Crippen LogP contribution in [0, 0.1) is 17.2 Å². The average Bonchev–Trinajstić information content (AvgIpc) is 2.78. The predicted octanol–water partition coefficient (Wildman–Crippen LogP) is 9.79. The number of hydrogen-bond acceptors (Lipinski definition) is 3. The second-order valence-corrected chi connectivity index (χ2v) is 10.2. The molecule has 2 nitrogen and oxygen atoms in total. The van der Waals surface area contributed by atoms with Crippen LogP contribution in [0.2, 0.25) is 15.1 Å². The Hall–Kier alpha value is -1.93. The lowest BCUT2D eigenvalue weighted by Gasteiger charge is -2.19. The maximum Gasteiger partial charge on any atom is 0.417 e. The van der Waals surface area contributed by atoms with Crippen LogP contribution >= 0.6 is 46.6 Å². The van der Waals surface area contributed by atoms with Crippen molar-refractivity contribution in [2.75, 3.05) is 11.5 Å². The molecule has 2 atom stereocenters. The number of benzene rings is 2. The largest absolute Gasteiger partial charge is 0.417 e. The van der Waals surface area contributed by atoms with Gasteiger partial charge in [-0.2, -0.15) is 31.6 Å². The van der Waals surface area contributed by atoms with Crippen LogP contribution < -0.4 is 0 Å². The SMILES string of the molecule is C[C@H](CSCC#N)CC(=O)c1ccc(/C(F)=C/C(c2cc(Cl)c(Cl)c(Cl)c2)C(F)(F)F)cc1C(F)(F)F. The maximum atomic E-state index is 15.0. The van der Waals surface area contributed by atoms with Gasteiger partial charge in [0.05, 0.1) is 32.5 Å². The molecule has 0 bridgehead atoms. The first-order valence-corrected chi connectivity index (χ1v) is 12.6. The Bertz CT molecular complexity index is 1200. The Morgan fingerprint density at radius 2 is 1.68 bits per heavy atom. The van der Waals surface area contributed by atoms with Crippen LogP contribution in [0.3, 0.4) is 0 Å². The van der Waals surface area contributed by atoms with E-state index in [0.717, 1.165) is 24.3 Å². The van der Waals surface area contributed by atoms with E-state index in [4.69, 9.17) is 40.1 Å². The number of rotatable bonds is 9. The van der Waals surface area contributed by atoms with Gasteiger partial charge in [0, 0.05) is 17.5 Å². The Morgan fingerprint density at radius 3 is 2.19 bits per heavy atom. The van der Waals surface area contributed by atoms with Gasteiger partial charge in [-0.05, 0) is 41.5 Å². The van der Waals surface area contributed by atoms with Gasteiger partial charge in [-0.15, -0.1) is 11.8 Å². The van der Waals surface area contributed by atoms with Gasteiger partial charge in [0.25, 0.3) is 0 Å². The second-order valence-electron chi connectivity index (χ2n) is 8.00. The molecule has 0 aliphatic heterocycles. The highest BCUT2D eigenvalue weighted by Crippen LogP contribution is 2.43. The number of halogens is 10. The number of carbonyl (C=O) groups excluding carboxylic acids is 1. The van der Waals surface area contributed by atoms with Crippen LogP contribution in [0.5, 0.6) is 0 Å².